The van der Waals surface area contributed by atoms with Gasteiger partial charge in [-0.2, -0.15) is 4.98 Å². The van der Waals surface area contributed by atoms with E-state index in [4.69, 9.17) is 4.52 Å². The molecule has 0 amide bonds. The first kappa shape index (κ1) is 10.2. The van der Waals surface area contributed by atoms with E-state index in [0.717, 1.165) is 12.8 Å². The van der Waals surface area contributed by atoms with Gasteiger partial charge in [0, 0.05) is 6.42 Å². The number of aliphatic hydroxyl groups excluding tert-OH is 1. The SMILES string of the molecule is CCc1noc(C(CC)C(C)O)n1. The maximum atomic E-state index is 9.42. The van der Waals surface area contributed by atoms with Crippen LogP contribution in [0.15, 0.2) is 4.52 Å². The van der Waals surface area contributed by atoms with Crippen LogP contribution in [0.25, 0.3) is 0 Å². The fourth-order valence-electron chi connectivity index (χ4n) is 1.28. The lowest BCUT2D eigenvalue weighted by Gasteiger charge is -2.12. The maximum Gasteiger partial charge on any atom is 0.232 e. The topological polar surface area (TPSA) is 59.2 Å². The van der Waals surface area contributed by atoms with Gasteiger partial charge in [-0.1, -0.05) is 19.0 Å². The molecule has 1 heterocycles. The van der Waals surface area contributed by atoms with E-state index in [1.165, 1.54) is 0 Å². The van der Waals surface area contributed by atoms with Crippen LogP contribution in [0.1, 0.15) is 44.8 Å². The van der Waals surface area contributed by atoms with Gasteiger partial charge in [-0.25, -0.2) is 0 Å². The van der Waals surface area contributed by atoms with Crippen LogP contribution in [0, 0.1) is 0 Å². The van der Waals surface area contributed by atoms with Gasteiger partial charge < -0.3 is 9.63 Å². The van der Waals surface area contributed by atoms with Crippen molar-refractivity contribution in [3.63, 3.8) is 0 Å². The summed E-state index contributed by atoms with van der Waals surface area (Å²) in [4.78, 5) is 4.18. The summed E-state index contributed by atoms with van der Waals surface area (Å²) < 4.78 is 5.05. The van der Waals surface area contributed by atoms with Crippen LogP contribution in [0.4, 0.5) is 0 Å². The number of rotatable bonds is 4. The monoisotopic (exact) mass is 184 g/mol. The molecule has 2 unspecified atom stereocenters. The van der Waals surface area contributed by atoms with Crippen molar-refractivity contribution >= 4 is 0 Å². The molecule has 0 aliphatic carbocycles. The smallest absolute Gasteiger partial charge is 0.232 e. The van der Waals surface area contributed by atoms with E-state index in [2.05, 4.69) is 10.1 Å². The summed E-state index contributed by atoms with van der Waals surface area (Å²) >= 11 is 0. The molecule has 0 spiro atoms. The zero-order valence-corrected chi connectivity index (χ0v) is 8.32. The van der Waals surface area contributed by atoms with Crippen molar-refractivity contribution in [3.05, 3.63) is 11.7 Å². The van der Waals surface area contributed by atoms with Crippen molar-refractivity contribution in [2.24, 2.45) is 0 Å². The first-order valence-corrected chi connectivity index (χ1v) is 4.69. The predicted octanol–water partition coefficient (Wildman–Crippen LogP) is 1.51. The Morgan fingerprint density at radius 2 is 2.15 bits per heavy atom. The zero-order chi connectivity index (χ0) is 9.84. The Balaban J connectivity index is 2.79. The van der Waals surface area contributed by atoms with Gasteiger partial charge in [0.2, 0.25) is 5.89 Å². The second kappa shape index (κ2) is 4.37. The average Bonchev–Trinajstić information content (AvgIpc) is 2.53. The summed E-state index contributed by atoms with van der Waals surface area (Å²) in [5.74, 6) is 1.22. The molecule has 0 aliphatic rings. The van der Waals surface area contributed by atoms with Crippen LogP contribution in [0.3, 0.4) is 0 Å². The van der Waals surface area contributed by atoms with Crippen molar-refractivity contribution in [2.45, 2.75) is 45.6 Å². The molecule has 0 fully saturated rings. The Labute approximate surface area is 78.0 Å². The predicted molar refractivity (Wildman–Crippen MR) is 48.4 cm³/mol. The van der Waals surface area contributed by atoms with Gasteiger partial charge in [0.15, 0.2) is 5.82 Å². The number of nitrogens with zero attached hydrogens (tertiary/aromatic N) is 2. The van der Waals surface area contributed by atoms with E-state index < -0.39 is 6.10 Å². The molecule has 13 heavy (non-hydrogen) atoms. The molecular weight excluding hydrogens is 168 g/mol. The van der Waals surface area contributed by atoms with Gasteiger partial charge >= 0.3 is 0 Å². The summed E-state index contributed by atoms with van der Waals surface area (Å²) in [7, 11) is 0. The van der Waals surface area contributed by atoms with E-state index in [0.29, 0.717) is 11.7 Å². The number of aryl methyl sites for hydroxylation is 1. The number of hydrogen-bond donors (Lipinski definition) is 1. The molecule has 0 saturated carbocycles. The Bertz CT molecular complexity index is 258. The summed E-state index contributed by atoms with van der Waals surface area (Å²) in [6, 6.07) is 0. The van der Waals surface area contributed by atoms with Gasteiger partial charge in [0.1, 0.15) is 0 Å². The van der Waals surface area contributed by atoms with E-state index >= 15 is 0 Å². The first-order chi connectivity index (χ1) is 6.19. The fourth-order valence-corrected chi connectivity index (χ4v) is 1.28. The molecule has 1 aromatic rings. The van der Waals surface area contributed by atoms with Crippen LogP contribution in [0.2, 0.25) is 0 Å². The third kappa shape index (κ3) is 2.28. The molecule has 1 N–H and O–H groups in total. The van der Waals surface area contributed by atoms with Gasteiger partial charge in [-0.15, -0.1) is 0 Å². The minimum atomic E-state index is -0.435. The molecule has 0 aromatic carbocycles. The molecule has 1 rings (SSSR count). The Morgan fingerprint density at radius 1 is 1.46 bits per heavy atom. The van der Waals surface area contributed by atoms with Crippen molar-refractivity contribution in [1.82, 2.24) is 10.1 Å². The van der Waals surface area contributed by atoms with E-state index in [9.17, 15) is 5.11 Å². The normalized spacial score (nSPS) is 15.7. The van der Waals surface area contributed by atoms with Gasteiger partial charge in [0.05, 0.1) is 12.0 Å². The van der Waals surface area contributed by atoms with E-state index in [1.807, 2.05) is 13.8 Å². The Morgan fingerprint density at radius 3 is 2.54 bits per heavy atom. The zero-order valence-electron chi connectivity index (χ0n) is 8.32. The fraction of sp³-hybridized carbons (Fsp3) is 0.778. The molecule has 4 heteroatoms. The lowest BCUT2D eigenvalue weighted by atomic mass is 10.0. The molecule has 1 aromatic heterocycles. The third-order valence-electron chi connectivity index (χ3n) is 2.14. The Hall–Kier alpha value is -0.900. The Kier molecular flexibility index (Phi) is 3.42. The van der Waals surface area contributed by atoms with Crippen LogP contribution in [-0.2, 0) is 6.42 Å². The highest BCUT2D eigenvalue weighted by atomic mass is 16.5. The molecule has 0 aliphatic heterocycles. The quantitative estimate of drug-likeness (QED) is 0.770. The molecule has 74 valence electrons. The lowest BCUT2D eigenvalue weighted by Crippen LogP contribution is -2.14. The van der Waals surface area contributed by atoms with Crippen LogP contribution >= 0.6 is 0 Å². The molecule has 0 saturated heterocycles. The number of aliphatic hydroxyl groups is 1. The van der Waals surface area contributed by atoms with Crippen molar-refractivity contribution < 1.29 is 9.63 Å². The van der Waals surface area contributed by atoms with Crippen molar-refractivity contribution in [3.8, 4) is 0 Å². The summed E-state index contributed by atoms with van der Waals surface area (Å²) in [5, 5.41) is 13.2. The number of hydrogen-bond acceptors (Lipinski definition) is 4. The van der Waals surface area contributed by atoms with Crippen molar-refractivity contribution in [2.75, 3.05) is 0 Å². The van der Waals surface area contributed by atoms with Crippen LogP contribution in [0.5, 0.6) is 0 Å². The minimum Gasteiger partial charge on any atom is -0.393 e. The molecule has 2 atom stereocenters. The summed E-state index contributed by atoms with van der Waals surface area (Å²) in [5.41, 5.74) is 0. The number of aromatic nitrogens is 2. The van der Waals surface area contributed by atoms with E-state index in [1.54, 1.807) is 6.92 Å². The largest absolute Gasteiger partial charge is 0.393 e. The third-order valence-corrected chi connectivity index (χ3v) is 2.14. The first-order valence-electron chi connectivity index (χ1n) is 4.69. The van der Waals surface area contributed by atoms with Crippen molar-refractivity contribution in [1.29, 1.82) is 0 Å². The van der Waals surface area contributed by atoms with Crippen LogP contribution in [-0.4, -0.2) is 21.4 Å². The minimum absolute atomic E-state index is 0.0344. The van der Waals surface area contributed by atoms with Gasteiger partial charge in [-0.05, 0) is 13.3 Å². The maximum absolute atomic E-state index is 9.42. The van der Waals surface area contributed by atoms with Gasteiger partial charge in [0.25, 0.3) is 0 Å². The highest BCUT2D eigenvalue weighted by Gasteiger charge is 2.21. The van der Waals surface area contributed by atoms with E-state index in [-0.39, 0.29) is 5.92 Å². The summed E-state index contributed by atoms with van der Waals surface area (Å²) in [6.45, 7) is 5.70. The molecule has 0 radical (unpaired) electrons. The molecule has 4 nitrogen and oxygen atoms in total. The highest BCUT2D eigenvalue weighted by molar-refractivity contribution is 4.95. The van der Waals surface area contributed by atoms with Gasteiger partial charge in [-0.3, -0.25) is 0 Å². The highest BCUT2D eigenvalue weighted by Crippen LogP contribution is 2.21. The lowest BCUT2D eigenvalue weighted by molar-refractivity contribution is 0.141. The second-order valence-electron chi connectivity index (χ2n) is 3.16. The average molecular weight is 184 g/mol. The molecular formula is C9H16N2O2. The standard InChI is InChI=1S/C9H16N2O2/c1-4-7(6(3)12)9-10-8(5-2)11-13-9/h6-7,12H,4-5H2,1-3H3. The summed E-state index contributed by atoms with van der Waals surface area (Å²) in [6.07, 6.45) is 1.14. The second-order valence-corrected chi connectivity index (χ2v) is 3.16. The molecule has 0 bridgehead atoms. The van der Waals surface area contributed by atoms with Crippen LogP contribution < -0.4 is 0 Å².